The van der Waals surface area contributed by atoms with E-state index in [1.165, 1.54) is 0 Å². The molecular weight excluding hydrogens is 450 g/mol. The Morgan fingerprint density at radius 3 is 2.21 bits per heavy atom. The molecule has 0 bridgehead atoms. The number of amides is 1. The van der Waals surface area contributed by atoms with E-state index in [0.29, 0.717) is 18.0 Å². The number of hydrogen-bond acceptors (Lipinski definition) is 6. The number of nitrogens with zero attached hydrogens (tertiary/aromatic N) is 2. The third-order valence-electron chi connectivity index (χ3n) is 6.18. The zero-order valence-corrected chi connectivity index (χ0v) is 21.5. The number of aromatic nitrogens is 1. The summed E-state index contributed by atoms with van der Waals surface area (Å²) in [5.41, 5.74) is 3.99. The molecule has 0 spiro atoms. The van der Waals surface area contributed by atoms with Crippen molar-refractivity contribution in [3.05, 3.63) is 41.7 Å². The van der Waals surface area contributed by atoms with Crippen molar-refractivity contribution in [2.75, 3.05) is 18.4 Å². The Kier molecular flexibility index (Phi) is 6.64. The van der Waals surface area contributed by atoms with E-state index < -0.39 is 15.4 Å². The summed E-state index contributed by atoms with van der Waals surface area (Å²) < 4.78 is 31.4. The molecule has 1 N–H and O–H groups in total. The largest absolute Gasteiger partial charge is 0.444 e. The Morgan fingerprint density at radius 2 is 1.65 bits per heavy atom. The van der Waals surface area contributed by atoms with E-state index in [1.807, 2.05) is 52.8 Å². The van der Waals surface area contributed by atoms with Crippen LogP contribution in [0.4, 0.5) is 10.5 Å². The molecule has 1 aliphatic carbocycles. The van der Waals surface area contributed by atoms with E-state index >= 15 is 0 Å². The number of carbonyl (C=O) groups excluding carboxylic acids is 1. The second kappa shape index (κ2) is 9.21. The number of carbonyl (C=O) groups is 1. The minimum atomic E-state index is -3.30. The van der Waals surface area contributed by atoms with Crippen LogP contribution >= 0.6 is 0 Å². The summed E-state index contributed by atoms with van der Waals surface area (Å²) in [5, 5.41) is 3.37. The smallest absolute Gasteiger partial charge is 0.410 e. The Balaban J connectivity index is 1.56. The maximum atomic E-state index is 12.9. The Hall–Kier alpha value is -2.61. The molecule has 34 heavy (non-hydrogen) atoms. The van der Waals surface area contributed by atoms with Crippen LogP contribution in [0.1, 0.15) is 57.8 Å². The summed E-state index contributed by atoms with van der Waals surface area (Å²) in [5.74, 6) is 0. The van der Waals surface area contributed by atoms with E-state index in [-0.39, 0.29) is 17.4 Å². The van der Waals surface area contributed by atoms with E-state index in [2.05, 4.69) is 10.3 Å². The fourth-order valence-corrected chi connectivity index (χ4v) is 6.06. The predicted molar refractivity (Wildman–Crippen MR) is 134 cm³/mol. The number of nitrogens with one attached hydrogen (secondary N) is 1. The zero-order valence-electron chi connectivity index (χ0n) is 20.7. The molecule has 4 rings (SSSR count). The molecule has 2 heterocycles. The van der Waals surface area contributed by atoms with Gasteiger partial charge in [0.2, 0.25) is 0 Å². The average molecular weight is 486 g/mol. The van der Waals surface area contributed by atoms with Crippen LogP contribution in [0.2, 0.25) is 0 Å². The molecule has 0 unspecified atom stereocenters. The lowest BCUT2D eigenvalue weighted by molar-refractivity contribution is 0.0210. The second-order valence-corrected chi connectivity index (χ2v) is 12.7. The number of rotatable bonds is 5. The number of hydrogen-bond donors (Lipinski definition) is 1. The number of likely N-dealkylation sites (tertiary alicyclic amines) is 1. The molecule has 1 aliphatic heterocycles. The van der Waals surface area contributed by atoms with Gasteiger partial charge in [0, 0.05) is 41.8 Å². The van der Waals surface area contributed by atoms with E-state index in [1.54, 1.807) is 17.0 Å². The summed E-state index contributed by atoms with van der Waals surface area (Å²) in [6.07, 6.45) is 2.77. The molecule has 184 valence electrons. The number of ether oxygens (including phenoxy) is 1. The van der Waals surface area contributed by atoms with Crippen molar-refractivity contribution in [1.29, 1.82) is 0 Å². The van der Waals surface area contributed by atoms with E-state index in [4.69, 9.17) is 4.74 Å². The van der Waals surface area contributed by atoms with Crippen LogP contribution in [-0.4, -0.2) is 54.4 Å². The van der Waals surface area contributed by atoms with Crippen molar-refractivity contribution >= 4 is 21.6 Å². The molecule has 1 aromatic carbocycles. The third kappa shape index (κ3) is 5.71. The first kappa shape index (κ1) is 24.5. The molecule has 0 radical (unpaired) electrons. The maximum absolute atomic E-state index is 12.9. The minimum absolute atomic E-state index is 0.173. The van der Waals surface area contributed by atoms with Crippen LogP contribution in [0.5, 0.6) is 0 Å². The molecule has 8 heteroatoms. The Labute approximate surface area is 202 Å². The first-order chi connectivity index (χ1) is 15.9. The molecule has 1 amide bonds. The van der Waals surface area contributed by atoms with Gasteiger partial charge in [-0.2, -0.15) is 0 Å². The molecule has 0 atom stereocenters. The number of pyridine rings is 1. The summed E-state index contributed by atoms with van der Waals surface area (Å²) in [7, 11) is -3.30. The van der Waals surface area contributed by atoms with Crippen molar-refractivity contribution < 1.29 is 17.9 Å². The fourth-order valence-electron chi connectivity index (χ4n) is 4.38. The number of piperidine rings is 1. The van der Waals surface area contributed by atoms with Crippen LogP contribution in [0.25, 0.3) is 11.1 Å². The second-order valence-electron chi connectivity index (χ2n) is 10.5. The lowest BCUT2D eigenvalue weighted by atomic mass is 10.00. The standard InChI is InChI=1S/C26H35N3O4S/c1-17-14-19(15-18(2)27-17)23-16-22(34(31,32)21-6-7-21)8-9-24(23)28-20-10-12-29(13-11-20)25(30)33-26(3,4)5/h8-9,14-16,20-21,28H,6-7,10-13H2,1-5H3. The highest BCUT2D eigenvalue weighted by molar-refractivity contribution is 7.92. The third-order valence-corrected chi connectivity index (χ3v) is 8.44. The number of benzene rings is 1. The highest BCUT2D eigenvalue weighted by Gasteiger charge is 2.37. The van der Waals surface area contributed by atoms with Gasteiger partial charge in [-0.05, 0) is 96.2 Å². The van der Waals surface area contributed by atoms with Crippen molar-refractivity contribution in [2.45, 2.75) is 82.1 Å². The highest BCUT2D eigenvalue weighted by Crippen LogP contribution is 2.38. The summed E-state index contributed by atoms with van der Waals surface area (Å²) in [6, 6.07) is 9.57. The first-order valence-electron chi connectivity index (χ1n) is 12.0. The fraction of sp³-hybridized carbons (Fsp3) is 0.538. The highest BCUT2D eigenvalue weighted by atomic mass is 32.2. The molecular formula is C26H35N3O4S. The zero-order chi connectivity index (χ0) is 24.7. The van der Waals surface area contributed by atoms with Gasteiger partial charge < -0.3 is 15.0 Å². The van der Waals surface area contributed by atoms with Gasteiger partial charge >= 0.3 is 6.09 Å². The number of aryl methyl sites for hydroxylation is 2. The van der Waals surface area contributed by atoms with Crippen LogP contribution in [0.15, 0.2) is 35.2 Å². The quantitative estimate of drug-likeness (QED) is 0.633. The van der Waals surface area contributed by atoms with E-state index in [9.17, 15) is 13.2 Å². The van der Waals surface area contributed by atoms with Gasteiger partial charge in [0.05, 0.1) is 10.1 Å². The molecule has 1 saturated heterocycles. The van der Waals surface area contributed by atoms with Gasteiger partial charge in [0.1, 0.15) is 5.60 Å². The molecule has 1 aromatic heterocycles. The van der Waals surface area contributed by atoms with Gasteiger partial charge in [-0.3, -0.25) is 4.98 Å². The molecule has 2 aliphatic rings. The molecule has 2 aromatic rings. The van der Waals surface area contributed by atoms with Crippen molar-refractivity contribution in [3.63, 3.8) is 0 Å². The summed E-state index contributed by atoms with van der Waals surface area (Å²) >= 11 is 0. The molecule has 1 saturated carbocycles. The van der Waals surface area contributed by atoms with Gasteiger partial charge in [-0.15, -0.1) is 0 Å². The maximum Gasteiger partial charge on any atom is 0.410 e. The number of anilines is 1. The Morgan fingerprint density at radius 1 is 1.03 bits per heavy atom. The van der Waals surface area contributed by atoms with E-state index in [0.717, 1.165) is 53.9 Å². The predicted octanol–water partition coefficient (Wildman–Crippen LogP) is 5.11. The Bertz CT molecular complexity index is 1150. The monoisotopic (exact) mass is 485 g/mol. The lowest BCUT2D eigenvalue weighted by Crippen LogP contribution is -2.44. The van der Waals surface area contributed by atoms with Crippen LogP contribution in [-0.2, 0) is 14.6 Å². The van der Waals surface area contributed by atoms with Gasteiger partial charge in [-0.25, -0.2) is 13.2 Å². The summed E-state index contributed by atoms with van der Waals surface area (Å²) in [4.78, 5) is 19.0. The van der Waals surface area contributed by atoms with Crippen molar-refractivity contribution in [2.24, 2.45) is 0 Å². The first-order valence-corrected chi connectivity index (χ1v) is 13.5. The summed E-state index contributed by atoms with van der Waals surface area (Å²) in [6.45, 7) is 10.7. The minimum Gasteiger partial charge on any atom is -0.444 e. The van der Waals surface area contributed by atoms with Crippen molar-refractivity contribution in [1.82, 2.24) is 9.88 Å². The SMILES string of the molecule is Cc1cc(-c2cc(S(=O)(=O)C3CC3)ccc2NC2CCN(C(=O)OC(C)(C)C)CC2)cc(C)n1. The van der Waals surface area contributed by atoms with Gasteiger partial charge in [-0.1, -0.05) is 0 Å². The molecule has 7 nitrogen and oxygen atoms in total. The van der Waals surface area contributed by atoms with Crippen LogP contribution < -0.4 is 5.32 Å². The normalized spacial score (nSPS) is 17.5. The van der Waals surface area contributed by atoms with Crippen LogP contribution in [0.3, 0.4) is 0 Å². The average Bonchev–Trinajstić information content (AvgIpc) is 3.58. The topological polar surface area (TPSA) is 88.6 Å². The number of sulfone groups is 1. The van der Waals surface area contributed by atoms with Gasteiger partial charge in [0.15, 0.2) is 9.84 Å². The van der Waals surface area contributed by atoms with Crippen molar-refractivity contribution in [3.8, 4) is 11.1 Å². The lowest BCUT2D eigenvalue weighted by Gasteiger charge is -2.34. The van der Waals surface area contributed by atoms with Crippen LogP contribution in [0, 0.1) is 13.8 Å². The van der Waals surface area contributed by atoms with Gasteiger partial charge in [0.25, 0.3) is 0 Å². The molecule has 2 fully saturated rings.